The number of carbonyl (C=O) groups excluding carboxylic acids is 2. The van der Waals surface area contributed by atoms with E-state index in [9.17, 15) is 14.7 Å². The SMILES string of the molecule is Cc1ccc2c(c1)C(=O)N(C1C=CCC1O)C2=O. The second-order valence-electron chi connectivity index (χ2n) is 4.75. The molecule has 1 N–H and O–H groups in total. The molecule has 1 aromatic carbocycles. The number of carbonyl (C=O) groups is 2. The Balaban J connectivity index is 2.04. The number of amides is 2. The summed E-state index contributed by atoms with van der Waals surface area (Å²) in [6.45, 7) is 1.88. The summed E-state index contributed by atoms with van der Waals surface area (Å²) < 4.78 is 0. The number of aliphatic hydroxyl groups is 1. The van der Waals surface area contributed by atoms with E-state index in [0.717, 1.165) is 10.5 Å². The van der Waals surface area contributed by atoms with E-state index in [0.29, 0.717) is 17.5 Å². The average molecular weight is 243 g/mol. The molecule has 1 aliphatic carbocycles. The van der Waals surface area contributed by atoms with Crippen molar-refractivity contribution < 1.29 is 14.7 Å². The predicted octanol–water partition coefficient (Wildman–Crippen LogP) is 1.28. The van der Waals surface area contributed by atoms with Crippen LogP contribution in [0.4, 0.5) is 0 Å². The Kier molecular flexibility index (Phi) is 2.35. The Hall–Kier alpha value is -1.94. The summed E-state index contributed by atoms with van der Waals surface area (Å²) in [4.78, 5) is 25.6. The van der Waals surface area contributed by atoms with Crippen LogP contribution in [0.3, 0.4) is 0 Å². The fourth-order valence-corrected chi connectivity index (χ4v) is 2.53. The standard InChI is InChI=1S/C14H13NO3/c1-8-5-6-9-10(7-8)14(18)15(13(9)17)11-3-2-4-12(11)16/h2-3,5-7,11-12,16H,4H2,1H3. The molecule has 92 valence electrons. The first-order chi connectivity index (χ1) is 8.59. The highest BCUT2D eigenvalue weighted by molar-refractivity contribution is 6.21. The van der Waals surface area contributed by atoms with Crippen molar-refractivity contribution >= 4 is 11.8 Å². The van der Waals surface area contributed by atoms with Gasteiger partial charge in [0, 0.05) is 0 Å². The fourth-order valence-electron chi connectivity index (χ4n) is 2.53. The van der Waals surface area contributed by atoms with Gasteiger partial charge in [0.05, 0.1) is 23.3 Å². The predicted molar refractivity (Wildman–Crippen MR) is 65.2 cm³/mol. The molecule has 2 aliphatic rings. The van der Waals surface area contributed by atoms with Crippen LogP contribution in [0.5, 0.6) is 0 Å². The van der Waals surface area contributed by atoms with Gasteiger partial charge in [-0.25, -0.2) is 0 Å². The summed E-state index contributed by atoms with van der Waals surface area (Å²) in [5.41, 5.74) is 1.81. The minimum absolute atomic E-state index is 0.311. The molecule has 4 nitrogen and oxygen atoms in total. The molecule has 3 rings (SSSR count). The van der Waals surface area contributed by atoms with Crippen LogP contribution in [0.25, 0.3) is 0 Å². The van der Waals surface area contributed by atoms with Gasteiger partial charge < -0.3 is 5.11 Å². The van der Waals surface area contributed by atoms with Crippen LogP contribution in [0.2, 0.25) is 0 Å². The third kappa shape index (κ3) is 1.42. The molecule has 2 unspecified atom stereocenters. The van der Waals surface area contributed by atoms with E-state index >= 15 is 0 Å². The van der Waals surface area contributed by atoms with E-state index in [1.807, 2.05) is 13.0 Å². The summed E-state index contributed by atoms with van der Waals surface area (Å²) in [7, 11) is 0. The van der Waals surface area contributed by atoms with Gasteiger partial charge >= 0.3 is 0 Å². The number of aliphatic hydroxyl groups excluding tert-OH is 1. The van der Waals surface area contributed by atoms with Crippen LogP contribution in [-0.4, -0.2) is 34.0 Å². The summed E-state index contributed by atoms with van der Waals surface area (Å²) >= 11 is 0. The molecule has 1 heterocycles. The second-order valence-corrected chi connectivity index (χ2v) is 4.75. The highest BCUT2D eigenvalue weighted by Crippen LogP contribution is 2.29. The minimum atomic E-state index is -0.687. The molecule has 0 saturated heterocycles. The lowest BCUT2D eigenvalue weighted by Crippen LogP contribution is -2.43. The molecule has 0 radical (unpaired) electrons. The number of fused-ring (bicyclic) bond motifs is 1. The van der Waals surface area contributed by atoms with Gasteiger partial charge in [-0.3, -0.25) is 14.5 Å². The Bertz CT molecular complexity index is 576. The first kappa shape index (κ1) is 11.2. The molecule has 0 spiro atoms. The fraction of sp³-hybridized carbons (Fsp3) is 0.286. The molecule has 0 bridgehead atoms. The Morgan fingerprint density at radius 1 is 1.22 bits per heavy atom. The maximum absolute atomic E-state index is 12.3. The summed E-state index contributed by atoms with van der Waals surface area (Å²) in [6.07, 6.45) is 3.31. The summed E-state index contributed by atoms with van der Waals surface area (Å²) in [5.74, 6) is -0.625. The molecule has 2 atom stereocenters. The first-order valence-electron chi connectivity index (χ1n) is 5.93. The Morgan fingerprint density at radius 3 is 2.61 bits per heavy atom. The van der Waals surface area contributed by atoms with E-state index < -0.39 is 12.1 Å². The van der Waals surface area contributed by atoms with Crippen molar-refractivity contribution in [2.75, 3.05) is 0 Å². The van der Waals surface area contributed by atoms with Gasteiger partial charge in [-0.05, 0) is 25.5 Å². The number of rotatable bonds is 1. The number of nitrogens with zero attached hydrogens (tertiary/aromatic N) is 1. The third-order valence-corrected chi connectivity index (χ3v) is 3.48. The molecule has 1 aromatic rings. The van der Waals surface area contributed by atoms with Gasteiger partial charge in [-0.15, -0.1) is 0 Å². The lowest BCUT2D eigenvalue weighted by atomic mass is 10.1. The van der Waals surface area contributed by atoms with Gasteiger partial charge in [0.25, 0.3) is 11.8 Å². The van der Waals surface area contributed by atoms with E-state index in [1.165, 1.54) is 0 Å². The van der Waals surface area contributed by atoms with Crippen LogP contribution >= 0.6 is 0 Å². The average Bonchev–Trinajstić information content (AvgIpc) is 2.84. The van der Waals surface area contributed by atoms with Gasteiger partial charge in [0.15, 0.2) is 0 Å². The Labute approximate surface area is 105 Å². The van der Waals surface area contributed by atoms with Crippen LogP contribution < -0.4 is 0 Å². The molecule has 1 aliphatic heterocycles. The lowest BCUT2D eigenvalue weighted by Gasteiger charge is -2.23. The molecule has 18 heavy (non-hydrogen) atoms. The van der Waals surface area contributed by atoms with Crippen LogP contribution in [0.1, 0.15) is 32.7 Å². The minimum Gasteiger partial charge on any atom is -0.390 e. The molecule has 4 heteroatoms. The highest BCUT2D eigenvalue weighted by atomic mass is 16.3. The smallest absolute Gasteiger partial charge is 0.262 e. The van der Waals surface area contributed by atoms with Crippen molar-refractivity contribution in [3.05, 3.63) is 47.0 Å². The quantitative estimate of drug-likeness (QED) is 0.597. The zero-order valence-corrected chi connectivity index (χ0v) is 9.96. The van der Waals surface area contributed by atoms with Gasteiger partial charge in [-0.2, -0.15) is 0 Å². The van der Waals surface area contributed by atoms with Crippen LogP contribution in [0, 0.1) is 6.92 Å². The van der Waals surface area contributed by atoms with Gasteiger partial charge in [-0.1, -0.05) is 23.8 Å². The van der Waals surface area contributed by atoms with Crippen molar-refractivity contribution in [1.29, 1.82) is 0 Å². The normalized spacial score (nSPS) is 26.0. The maximum Gasteiger partial charge on any atom is 0.262 e. The highest BCUT2D eigenvalue weighted by Gasteiger charge is 2.42. The lowest BCUT2D eigenvalue weighted by molar-refractivity contribution is 0.0463. The van der Waals surface area contributed by atoms with Crippen molar-refractivity contribution in [3.8, 4) is 0 Å². The zero-order valence-electron chi connectivity index (χ0n) is 9.96. The second kappa shape index (κ2) is 3.78. The summed E-state index contributed by atoms with van der Waals surface area (Å²) in [5, 5.41) is 9.81. The van der Waals surface area contributed by atoms with E-state index in [2.05, 4.69) is 0 Å². The number of imide groups is 1. The van der Waals surface area contributed by atoms with Crippen LogP contribution in [-0.2, 0) is 0 Å². The number of aryl methyl sites for hydroxylation is 1. The van der Waals surface area contributed by atoms with Gasteiger partial charge in [0.2, 0.25) is 0 Å². The third-order valence-electron chi connectivity index (χ3n) is 3.48. The van der Waals surface area contributed by atoms with E-state index in [4.69, 9.17) is 0 Å². The van der Waals surface area contributed by atoms with Gasteiger partial charge in [0.1, 0.15) is 0 Å². The number of hydrogen-bond acceptors (Lipinski definition) is 3. The zero-order chi connectivity index (χ0) is 12.9. The first-order valence-corrected chi connectivity index (χ1v) is 5.93. The molecule has 0 saturated carbocycles. The monoisotopic (exact) mass is 243 g/mol. The molecular weight excluding hydrogens is 230 g/mol. The molecular formula is C14H13NO3. The van der Waals surface area contributed by atoms with Crippen molar-refractivity contribution in [1.82, 2.24) is 4.90 Å². The van der Waals surface area contributed by atoms with E-state index in [-0.39, 0.29) is 11.8 Å². The van der Waals surface area contributed by atoms with Crippen LogP contribution in [0.15, 0.2) is 30.4 Å². The number of hydrogen-bond donors (Lipinski definition) is 1. The largest absolute Gasteiger partial charge is 0.390 e. The molecule has 2 amide bonds. The maximum atomic E-state index is 12.3. The van der Waals surface area contributed by atoms with E-state index in [1.54, 1.807) is 24.3 Å². The van der Waals surface area contributed by atoms with Crippen molar-refractivity contribution in [2.24, 2.45) is 0 Å². The van der Waals surface area contributed by atoms with Crippen molar-refractivity contribution in [3.63, 3.8) is 0 Å². The Morgan fingerprint density at radius 2 is 1.94 bits per heavy atom. The molecule has 0 aromatic heterocycles. The topological polar surface area (TPSA) is 57.6 Å². The van der Waals surface area contributed by atoms with Crippen molar-refractivity contribution in [2.45, 2.75) is 25.5 Å². The number of benzene rings is 1. The summed E-state index contributed by atoms with van der Waals surface area (Å²) in [6, 6.07) is 4.68. The molecule has 0 fully saturated rings.